The average Bonchev–Trinajstić information content (AvgIpc) is 3.62. The molecule has 4 aromatic heterocycles. The van der Waals surface area contributed by atoms with Gasteiger partial charge in [-0.15, -0.1) is 11.3 Å². The summed E-state index contributed by atoms with van der Waals surface area (Å²) in [5, 5.41) is 6.88. The lowest BCUT2D eigenvalue weighted by molar-refractivity contribution is -0.140. The van der Waals surface area contributed by atoms with Gasteiger partial charge in [-0.05, 0) is 61.7 Å². The number of amides is 2. The molecule has 41 heavy (non-hydrogen) atoms. The minimum Gasteiger partial charge on any atom is -0.485 e. The number of carbonyl (C=O) groups is 2. The maximum Gasteiger partial charge on any atom is 0.433 e. The van der Waals surface area contributed by atoms with E-state index in [0.29, 0.717) is 34.1 Å². The molecule has 0 aliphatic carbocycles. The molecule has 4 heterocycles. The number of aryl methyl sites for hydroxylation is 3. The van der Waals surface area contributed by atoms with Crippen LogP contribution in [0.2, 0.25) is 0 Å². The van der Waals surface area contributed by atoms with Crippen LogP contribution in [0.25, 0.3) is 21.3 Å². The zero-order valence-corrected chi connectivity index (χ0v) is 23.2. The van der Waals surface area contributed by atoms with E-state index >= 15 is 0 Å². The number of pyridine rings is 1. The molecule has 0 bridgehead atoms. The second-order valence-electron chi connectivity index (χ2n) is 9.45. The standard InChI is InChI=1S/C28H24F3N5O4S/c1-13-5-6-14(2)20(9-13)39-12-16-7-8-19(40-16)26(38)35-23-22-17(18-11-33-36(4)15(18)3)10-21(28(29,30)31)34-27(22)41-24(23)25(32)37/h5-11H,12H2,1-4H3,(H2,32,37)(H,35,38). The third-order valence-corrected chi connectivity index (χ3v) is 7.64. The second-order valence-corrected chi connectivity index (χ2v) is 10.4. The molecule has 2 amide bonds. The van der Waals surface area contributed by atoms with E-state index in [1.165, 1.54) is 16.9 Å². The van der Waals surface area contributed by atoms with Gasteiger partial charge >= 0.3 is 6.18 Å². The Balaban J connectivity index is 1.53. The van der Waals surface area contributed by atoms with Crippen molar-refractivity contribution in [2.24, 2.45) is 12.8 Å². The molecule has 13 heteroatoms. The fourth-order valence-corrected chi connectivity index (χ4v) is 5.28. The summed E-state index contributed by atoms with van der Waals surface area (Å²) in [4.78, 5) is 29.1. The molecule has 3 N–H and O–H groups in total. The number of nitrogens with one attached hydrogen (secondary N) is 1. The van der Waals surface area contributed by atoms with Gasteiger partial charge < -0.3 is 20.2 Å². The van der Waals surface area contributed by atoms with Gasteiger partial charge in [0.2, 0.25) is 0 Å². The third kappa shape index (κ3) is 5.40. The summed E-state index contributed by atoms with van der Waals surface area (Å²) in [5.74, 6) is -0.734. The Bertz CT molecular complexity index is 1820. The molecule has 0 spiro atoms. The molecule has 0 fully saturated rings. The Morgan fingerprint density at radius 3 is 2.54 bits per heavy atom. The zero-order chi connectivity index (χ0) is 29.6. The molecule has 0 saturated heterocycles. The van der Waals surface area contributed by atoms with E-state index in [0.717, 1.165) is 17.2 Å². The highest BCUT2D eigenvalue weighted by atomic mass is 32.1. The van der Waals surface area contributed by atoms with Crippen molar-refractivity contribution in [1.82, 2.24) is 14.8 Å². The molecule has 5 aromatic rings. The van der Waals surface area contributed by atoms with Crippen LogP contribution in [0.3, 0.4) is 0 Å². The fourth-order valence-electron chi connectivity index (χ4n) is 4.28. The number of hydrogen-bond donors (Lipinski definition) is 2. The average molecular weight is 584 g/mol. The topological polar surface area (TPSA) is 125 Å². The van der Waals surface area contributed by atoms with Crippen LogP contribution >= 0.6 is 11.3 Å². The van der Waals surface area contributed by atoms with Crippen LogP contribution in [-0.4, -0.2) is 26.6 Å². The van der Waals surface area contributed by atoms with Gasteiger partial charge in [0, 0.05) is 23.7 Å². The Morgan fingerprint density at radius 2 is 1.88 bits per heavy atom. The van der Waals surface area contributed by atoms with Gasteiger partial charge in [0.05, 0.1) is 11.9 Å². The predicted molar refractivity (Wildman–Crippen MR) is 147 cm³/mol. The summed E-state index contributed by atoms with van der Waals surface area (Å²) in [6.45, 7) is 5.59. The van der Waals surface area contributed by atoms with Crippen molar-refractivity contribution in [2.75, 3.05) is 5.32 Å². The molecule has 0 unspecified atom stereocenters. The highest BCUT2D eigenvalue weighted by molar-refractivity contribution is 7.21. The van der Waals surface area contributed by atoms with Crippen LogP contribution in [0.5, 0.6) is 5.75 Å². The van der Waals surface area contributed by atoms with Crippen LogP contribution in [0, 0.1) is 20.8 Å². The number of alkyl halides is 3. The quantitative estimate of drug-likeness (QED) is 0.236. The molecule has 0 atom stereocenters. The Morgan fingerprint density at radius 1 is 1.12 bits per heavy atom. The van der Waals surface area contributed by atoms with E-state index in [2.05, 4.69) is 15.4 Å². The summed E-state index contributed by atoms with van der Waals surface area (Å²) >= 11 is 0.656. The number of halogens is 3. The van der Waals surface area contributed by atoms with Crippen molar-refractivity contribution in [3.05, 3.63) is 81.5 Å². The fraction of sp³-hybridized carbons (Fsp3) is 0.214. The minimum atomic E-state index is -4.76. The summed E-state index contributed by atoms with van der Waals surface area (Å²) < 4.78 is 54.3. The number of nitrogens with two attached hydrogens (primary N) is 1. The maximum atomic E-state index is 13.8. The number of aromatic nitrogens is 3. The minimum absolute atomic E-state index is 0.0556. The van der Waals surface area contributed by atoms with E-state index in [9.17, 15) is 22.8 Å². The van der Waals surface area contributed by atoms with Gasteiger partial charge in [-0.3, -0.25) is 14.3 Å². The first-order chi connectivity index (χ1) is 19.3. The van der Waals surface area contributed by atoms with Gasteiger partial charge in [-0.2, -0.15) is 18.3 Å². The van der Waals surface area contributed by atoms with E-state index in [1.807, 2.05) is 32.0 Å². The lowest BCUT2D eigenvalue weighted by atomic mass is 10.0. The molecule has 0 saturated carbocycles. The molecule has 9 nitrogen and oxygen atoms in total. The highest BCUT2D eigenvalue weighted by Crippen LogP contribution is 2.44. The Hall–Kier alpha value is -4.65. The third-order valence-electron chi connectivity index (χ3n) is 6.54. The van der Waals surface area contributed by atoms with Crippen LogP contribution < -0.4 is 15.8 Å². The number of benzene rings is 1. The highest BCUT2D eigenvalue weighted by Gasteiger charge is 2.35. The molecular formula is C28H24F3N5O4S. The number of hydrogen-bond acceptors (Lipinski definition) is 7. The van der Waals surface area contributed by atoms with Gasteiger partial charge in [0.1, 0.15) is 33.5 Å². The molecule has 212 valence electrons. The first kappa shape index (κ1) is 27.9. The van der Waals surface area contributed by atoms with Crippen molar-refractivity contribution < 1.29 is 31.9 Å². The SMILES string of the molecule is Cc1ccc(C)c(OCc2ccc(C(=O)Nc3c(C(N)=O)sc4nc(C(F)(F)F)cc(-c5cnn(C)c5C)c34)o2)c1. The van der Waals surface area contributed by atoms with Crippen molar-refractivity contribution in [3.8, 4) is 16.9 Å². The van der Waals surface area contributed by atoms with Gasteiger partial charge in [-0.25, -0.2) is 4.98 Å². The Labute approximate surface area is 235 Å². The number of carbonyl (C=O) groups excluding carboxylic acids is 2. The second kappa shape index (κ2) is 10.4. The first-order valence-corrected chi connectivity index (χ1v) is 13.1. The van der Waals surface area contributed by atoms with Crippen LogP contribution in [0.4, 0.5) is 18.9 Å². The molecule has 0 radical (unpaired) electrons. The van der Waals surface area contributed by atoms with Gasteiger partial charge in [0.25, 0.3) is 11.8 Å². The smallest absolute Gasteiger partial charge is 0.433 e. The van der Waals surface area contributed by atoms with E-state index in [4.69, 9.17) is 14.9 Å². The van der Waals surface area contributed by atoms with Crippen molar-refractivity contribution in [3.63, 3.8) is 0 Å². The number of rotatable bonds is 7. The predicted octanol–water partition coefficient (Wildman–Crippen LogP) is 6.16. The van der Waals surface area contributed by atoms with Crippen molar-refractivity contribution >= 4 is 39.1 Å². The summed E-state index contributed by atoms with van der Waals surface area (Å²) in [6, 6.07) is 9.66. The largest absolute Gasteiger partial charge is 0.485 e. The van der Waals surface area contributed by atoms with E-state index in [-0.39, 0.29) is 38.7 Å². The number of thiophene rings is 1. The summed E-state index contributed by atoms with van der Waals surface area (Å²) in [6.07, 6.45) is -3.35. The van der Waals surface area contributed by atoms with Crippen LogP contribution in [-0.2, 0) is 19.8 Å². The first-order valence-electron chi connectivity index (χ1n) is 12.3. The van der Waals surface area contributed by atoms with Gasteiger partial charge in [0.15, 0.2) is 5.76 Å². The number of furan rings is 1. The normalized spacial score (nSPS) is 11.7. The number of primary amides is 1. The number of fused-ring (bicyclic) bond motifs is 1. The van der Waals surface area contributed by atoms with E-state index < -0.39 is 23.7 Å². The van der Waals surface area contributed by atoms with Crippen molar-refractivity contribution in [1.29, 1.82) is 0 Å². The zero-order valence-electron chi connectivity index (χ0n) is 22.3. The molecular weight excluding hydrogens is 559 g/mol. The summed E-state index contributed by atoms with van der Waals surface area (Å²) in [7, 11) is 1.64. The molecule has 1 aromatic carbocycles. The van der Waals surface area contributed by atoms with Crippen LogP contribution in [0.1, 0.15) is 48.5 Å². The maximum absolute atomic E-state index is 13.8. The molecule has 0 aliphatic heterocycles. The van der Waals surface area contributed by atoms with E-state index in [1.54, 1.807) is 20.0 Å². The molecule has 0 aliphatic rings. The van der Waals surface area contributed by atoms with Gasteiger partial charge in [-0.1, -0.05) is 12.1 Å². The summed E-state index contributed by atoms with van der Waals surface area (Å²) in [5.41, 5.74) is 7.35. The molecule has 5 rings (SSSR count). The Kier molecular flexibility index (Phi) is 7.07. The van der Waals surface area contributed by atoms with Crippen molar-refractivity contribution in [2.45, 2.75) is 33.6 Å². The lowest BCUT2D eigenvalue weighted by Crippen LogP contribution is -2.16. The number of ether oxygens (including phenoxy) is 1. The number of anilines is 1. The van der Waals surface area contributed by atoms with Crippen LogP contribution in [0.15, 0.2) is 47.0 Å². The monoisotopic (exact) mass is 583 g/mol. The lowest BCUT2D eigenvalue weighted by Gasteiger charge is -2.12. The number of nitrogens with zero attached hydrogens (tertiary/aromatic N) is 3.